The molecule has 2 rings (SSSR count). The molecule has 2 aromatic rings. The molecule has 2 nitrogen and oxygen atoms in total. The fourth-order valence-corrected chi connectivity index (χ4v) is 2.22. The molecule has 0 radical (unpaired) electrons. The van der Waals surface area contributed by atoms with Crippen LogP contribution in [0.25, 0.3) is 0 Å². The van der Waals surface area contributed by atoms with E-state index < -0.39 is 0 Å². The van der Waals surface area contributed by atoms with Crippen LogP contribution in [0, 0.1) is 0 Å². The molecular weight excluding hydrogens is 281 g/mol. The number of hydrogen-bond donors (Lipinski definition) is 1. The highest BCUT2D eigenvalue weighted by atomic mass is 35.5. The molecule has 0 saturated heterocycles. The van der Waals surface area contributed by atoms with E-state index in [1.54, 1.807) is 6.07 Å². The molecule has 0 heterocycles. The largest absolute Gasteiger partial charge is 0.375 e. The van der Waals surface area contributed by atoms with Crippen molar-refractivity contribution in [1.29, 1.82) is 0 Å². The fourth-order valence-electron chi connectivity index (χ4n) is 1.77. The fraction of sp³-hybridized carbons (Fsp3) is 0.200. The smallest absolute Gasteiger partial charge is 0.0717 e. The Morgan fingerprint density at radius 3 is 2.47 bits per heavy atom. The second-order valence-electron chi connectivity index (χ2n) is 4.25. The molecule has 0 fully saturated rings. The number of rotatable bonds is 5. The standard InChI is InChI=1S/C15H15Cl2NO/c16-13-8-4-7-12(15(13)17)14(18)10-19-9-11-5-2-1-3-6-11/h1-8,14H,9-10,18H2. The molecule has 0 bridgehead atoms. The second-order valence-corrected chi connectivity index (χ2v) is 5.04. The SMILES string of the molecule is NC(COCc1ccccc1)c1cccc(Cl)c1Cl. The first-order valence-corrected chi connectivity index (χ1v) is 6.75. The van der Waals surface area contributed by atoms with Gasteiger partial charge >= 0.3 is 0 Å². The molecule has 0 aliphatic carbocycles. The van der Waals surface area contributed by atoms with Gasteiger partial charge in [-0.25, -0.2) is 0 Å². The molecule has 0 aliphatic heterocycles. The first-order valence-electron chi connectivity index (χ1n) is 5.99. The Balaban J connectivity index is 1.91. The van der Waals surface area contributed by atoms with Crippen molar-refractivity contribution in [2.75, 3.05) is 6.61 Å². The van der Waals surface area contributed by atoms with Crippen LogP contribution in [0.5, 0.6) is 0 Å². The number of benzene rings is 2. The molecule has 0 aromatic heterocycles. The number of ether oxygens (including phenoxy) is 1. The van der Waals surface area contributed by atoms with Gasteiger partial charge in [-0.3, -0.25) is 0 Å². The molecule has 1 atom stereocenters. The topological polar surface area (TPSA) is 35.2 Å². The minimum Gasteiger partial charge on any atom is -0.375 e. The minimum atomic E-state index is -0.282. The maximum absolute atomic E-state index is 6.12. The average Bonchev–Trinajstić information content (AvgIpc) is 2.43. The summed E-state index contributed by atoms with van der Waals surface area (Å²) in [5.74, 6) is 0. The van der Waals surface area contributed by atoms with Gasteiger partial charge in [-0.1, -0.05) is 65.7 Å². The summed E-state index contributed by atoms with van der Waals surface area (Å²) in [6.45, 7) is 0.932. The lowest BCUT2D eigenvalue weighted by atomic mass is 10.1. The predicted molar refractivity (Wildman–Crippen MR) is 79.5 cm³/mol. The van der Waals surface area contributed by atoms with Crippen LogP contribution in [-0.2, 0) is 11.3 Å². The second kappa shape index (κ2) is 6.92. The number of hydrogen-bond acceptors (Lipinski definition) is 2. The van der Waals surface area contributed by atoms with E-state index in [0.29, 0.717) is 23.3 Å². The molecule has 0 saturated carbocycles. The molecule has 4 heteroatoms. The van der Waals surface area contributed by atoms with Crippen molar-refractivity contribution in [2.24, 2.45) is 5.73 Å². The lowest BCUT2D eigenvalue weighted by Gasteiger charge is -2.14. The molecule has 1 unspecified atom stereocenters. The summed E-state index contributed by atoms with van der Waals surface area (Å²) < 4.78 is 5.60. The van der Waals surface area contributed by atoms with E-state index in [0.717, 1.165) is 11.1 Å². The molecule has 2 N–H and O–H groups in total. The van der Waals surface area contributed by atoms with Gasteiger partial charge in [-0.2, -0.15) is 0 Å². The van der Waals surface area contributed by atoms with Crippen LogP contribution in [0.1, 0.15) is 17.2 Å². The molecule has 19 heavy (non-hydrogen) atoms. The van der Waals surface area contributed by atoms with E-state index in [1.807, 2.05) is 42.5 Å². The summed E-state index contributed by atoms with van der Waals surface area (Å²) in [4.78, 5) is 0. The van der Waals surface area contributed by atoms with Crippen molar-refractivity contribution in [1.82, 2.24) is 0 Å². The summed E-state index contributed by atoms with van der Waals surface area (Å²) in [6, 6.07) is 15.1. The van der Waals surface area contributed by atoms with Crippen molar-refractivity contribution >= 4 is 23.2 Å². The van der Waals surface area contributed by atoms with Crippen LogP contribution < -0.4 is 5.73 Å². The van der Waals surface area contributed by atoms with Gasteiger partial charge in [-0.05, 0) is 17.2 Å². The zero-order valence-electron chi connectivity index (χ0n) is 10.4. The van der Waals surface area contributed by atoms with Crippen molar-refractivity contribution < 1.29 is 4.74 Å². The molecule has 0 aliphatic rings. The molecule has 0 spiro atoms. The quantitative estimate of drug-likeness (QED) is 0.897. The Morgan fingerprint density at radius 2 is 1.74 bits per heavy atom. The lowest BCUT2D eigenvalue weighted by Crippen LogP contribution is -2.17. The predicted octanol–water partition coefficient (Wildman–Crippen LogP) is 4.21. The van der Waals surface area contributed by atoms with Gasteiger partial charge in [0.25, 0.3) is 0 Å². The number of halogens is 2. The van der Waals surface area contributed by atoms with Crippen LogP contribution in [-0.4, -0.2) is 6.61 Å². The van der Waals surface area contributed by atoms with Crippen LogP contribution in [0.3, 0.4) is 0 Å². The Morgan fingerprint density at radius 1 is 1.00 bits per heavy atom. The van der Waals surface area contributed by atoms with Crippen molar-refractivity contribution in [3.05, 3.63) is 69.7 Å². The zero-order valence-corrected chi connectivity index (χ0v) is 11.9. The Bertz CT molecular complexity index is 531. The normalized spacial score (nSPS) is 12.4. The minimum absolute atomic E-state index is 0.282. The summed E-state index contributed by atoms with van der Waals surface area (Å²) >= 11 is 12.1. The molecular formula is C15H15Cl2NO. The monoisotopic (exact) mass is 295 g/mol. The van der Waals surface area contributed by atoms with E-state index in [-0.39, 0.29) is 6.04 Å². The summed E-state index contributed by atoms with van der Waals surface area (Å²) in [5.41, 5.74) is 7.99. The summed E-state index contributed by atoms with van der Waals surface area (Å²) in [6.07, 6.45) is 0. The highest BCUT2D eigenvalue weighted by Crippen LogP contribution is 2.29. The van der Waals surface area contributed by atoms with Crippen LogP contribution >= 0.6 is 23.2 Å². The van der Waals surface area contributed by atoms with Crippen LogP contribution in [0.2, 0.25) is 10.0 Å². The van der Waals surface area contributed by atoms with E-state index in [4.69, 9.17) is 33.7 Å². The van der Waals surface area contributed by atoms with E-state index >= 15 is 0 Å². The van der Waals surface area contributed by atoms with Gasteiger partial charge in [0.15, 0.2) is 0 Å². The third-order valence-electron chi connectivity index (χ3n) is 2.79. The van der Waals surface area contributed by atoms with Crippen molar-refractivity contribution in [2.45, 2.75) is 12.6 Å². The molecule has 0 amide bonds. The van der Waals surface area contributed by atoms with Gasteiger partial charge in [-0.15, -0.1) is 0 Å². The number of nitrogens with two attached hydrogens (primary N) is 1. The Labute approximate surface area is 123 Å². The summed E-state index contributed by atoms with van der Waals surface area (Å²) in [5, 5.41) is 1.01. The van der Waals surface area contributed by atoms with Gasteiger partial charge < -0.3 is 10.5 Å². The third-order valence-corrected chi connectivity index (χ3v) is 3.62. The lowest BCUT2D eigenvalue weighted by molar-refractivity contribution is 0.108. The van der Waals surface area contributed by atoms with Gasteiger partial charge in [0, 0.05) is 0 Å². The van der Waals surface area contributed by atoms with Crippen LogP contribution in [0.15, 0.2) is 48.5 Å². The van der Waals surface area contributed by atoms with E-state index in [1.165, 1.54) is 0 Å². The first kappa shape index (κ1) is 14.4. The van der Waals surface area contributed by atoms with Gasteiger partial charge in [0.05, 0.1) is 29.3 Å². The Kier molecular flexibility index (Phi) is 5.23. The van der Waals surface area contributed by atoms with Crippen LogP contribution in [0.4, 0.5) is 0 Å². The average molecular weight is 296 g/mol. The van der Waals surface area contributed by atoms with E-state index in [2.05, 4.69) is 0 Å². The van der Waals surface area contributed by atoms with Crippen molar-refractivity contribution in [3.63, 3.8) is 0 Å². The summed E-state index contributed by atoms with van der Waals surface area (Å²) in [7, 11) is 0. The van der Waals surface area contributed by atoms with Gasteiger partial charge in [0.2, 0.25) is 0 Å². The zero-order chi connectivity index (χ0) is 13.7. The van der Waals surface area contributed by atoms with E-state index in [9.17, 15) is 0 Å². The first-order chi connectivity index (χ1) is 9.18. The third kappa shape index (κ3) is 3.95. The maximum Gasteiger partial charge on any atom is 0.0717 e. The highest BCUT2D eigenvalue weighted by Gasteiger charge is 2.12. The van der Waals surface area contributed by atoms with Crippen molar-refractivity contribution in [3.8, 4) is 0 Å². The maximum atomic E-state index is 6.12. The highest BCUT2D eigenvalue weighted by molar-refractivity contribution is 6.42. The molecule has 2 aromatic carbocycles. The van der Waals surface area contributed by atoms with Gasteiger partial charge in [0.1, 0.15) is 0 Å². The Hall–Kier alpha value is -1.06. The molecule has 100 valence electrons.